The van der Waals surface area contributed by atoms with Crippen molar-refractivity contribution < 1.29 is 27.0 Å². The summed E-state index contributed by atoms with van der Waals surface area (Å²) >= 11 is -0.243. The summed E-state index contributed by atoms with van der Waals surface area (Å²) in [6, 6.07) is 8.09. The number of pyridine rings is 1. The van der Waals surface area contributed by atoms with Crippen LogP contribution in [0.3, 0.4) is 0 Å². The molecular weight excluding hydrogens is 557 g/mol. The fourth-order valence-electron chi connectivity index (χ4n) is 3.06. The van der Waals surface area contributed by atoms with E-state index in [2.05, 4.69) is 4.72 Å². The molecule has 0 saturated heterocycles. The minimum absolute atomic E-state index is 0.170. The number of hydrogen-bond donors (Lipinski definition) is 2. The number of ether oxygens (including phenoxy) is 2. The van der Waals surface area contributed by atoms with Crippen LogP contribution in [-0.2, 0) is 24.7 Å². The molecule has 2 N–H and O–H groups in total. The molecule has 32 heavy (non-hydrogen) atoms. The van der Waals surface area contributed by atoms with Crippen LogP contribution in [0.1, 0.15) is 5.56 Å². The molecule has 1 heterocycles. The number of nitrogens with one attached hydrogen (secondary N) is 1. The molecule has 1 atom stereocenters. The third-order valence-electron chi connectivity index (χ3n) is 4.57. The number of aryl methyl sites for hydroxylation is 1. The smallest absolute Gasteiger partial charge is 0.267 e. The number of halogens is 3. The van der Waals surface area contributed by atoms with E-state index in [1.807, 2.05) is 22.6 Å². The lowest BCUT2D eigenvalue weighted by atomic mass is 10.0. The van der Waals surface area contributed by atoms with E-state index in [9.17, 15) is 17.8 Å². The number of aromatic nitrogens is 1. The first-order valence-corrected chi connectivity index (χ1v) is 11.4. The molecule has 1 aromatic heterocycles. The van der Waals surface area contributed by atoms with E-state index in [-0.39, 0.29) is 23.6 Å². The highest BCUT2D eigenvalue weighted by molar-refractivity contribution is 14.1. The molecular formula is C21H19F2IN2O5S. The zero-order valence-corrected chi connectivity index (χ0v) is 20.0. The van der Waals surface area contributed by atoms with Gasteiger partial charge in [0.15, 0.2) is 11.6 Å². The van der Waals surface area contributed by atoms with Crippen molar-refractivity contribution in [1.29, 1.82) is 0 Å². The molecule has 0 aliphatic carbocycles. The molecule has 0 fully saturated rings. The second-order valence-corrected chi connectivity index (χ2v) is 8.57. The van der Waals surface area contributed by atoms with Crippen molar-refractivity contribution in [3.63, 3.8) is 0 Å². The Hall–Kier alpha value is -2.35. The van der Waals surface area contributed by atoms with Gasteiger partial charge >= 0.3 is 0 Å². The average Bonchev–Trinajstić information content (AvgIpc) is 2.74. The molecule has 0 amide bonds. The summed E-state index contributed by atoms with van der Waals surface area (Å²) in [5.74, 6) is -1.18. The molecule has 0 spiro atoms. The van der Waals surface area contributed by atoms with Crippen molar-refractivity contribution in [1.82, 2.24) is 9.29 Å². The first-order valence-electron chi connectivity index (χ1n) is 9.25. The molecule has 3 rings (SSSR count). The molecule has 3 aromatic rings. The highest BCUT2D eigenvalue weighted by Gasteiger charge is 2.20. The van der Waals surface area contributed by atoms with Gasteiger partial charge in [0.25, 0.3) is 5.56 Å². The molecule has 0 aliphatic rings. The molecule has 170 valence electrons. The lowest BCUT2D eigenvalue weighted by Gasteiger charge is -2.17. The first-order chi connectivity index (χ1) is 15.2. The summed E-state index contributed by atoms with van der Waals surface area (Å²) < 4.78 is 62.7. The van der Waals surface area contributed by atoms with Crippen LogP contribution in [0.25, 0.3) is 11.1 Å². The van der Waals surface area contributed by atoms with Crippen molar-refractivity contribution >= 4 is 33.9 Å². The topological polar surface area (TPSA) is 89.8 Å². The molecule has 2 aromatic carbocycles. The van der Waals surface area contributed by atoms with Crippen LogP contribution in [0.15, 0.2) is 47.4 Å². The zero-order chi connectivity index (χ0) is 23.4. The Morgan fingerprint density at radius 1 is 1.16 bits per heavy atom. The highest BCUT2D eigenvalue weighted by atomic mass is 127. The third-order valence-corrected chi connectivity index (χ3v) is 5.97. The van der Waals surface area contributed by atoms with E-state index in [0.29, 0.717) is 26.9 Å². The Morgan fingerprint density at radius 2 is 1.88 bits per heavy atom. The van der Waals surface area contributed by atoms with Crippen molar-refractivity contribution in [3.05, 3.63) is 73.7 Å². The van der Waals surface area contributed by atoms with Crippen LogP contribution in [0.2, 0.25) is 0 Å². The Labute approximate surface area is 198 Å². The van der Waals surface area contributed by atoms with Gasteiger partial charge in [0.1, 0.15) is 20.9 Å². The van der Waals surface area contributed by atoms with Crippen molar-refractivity contribution in [3.8, 4) is 28.4 Å². The maximum Gasteiger partial charge on any atom is 0.267 e. The standard InChI is InChI=1S/C21H19F2IN2O5S/c1-26-11-15(20(30-2)19(24)21(26)27)14-9-12(7-8-25-32(28)29)3-5-17(14)31-18-6-4-13(22)10-16(18)23/h3-6,9-11,25H,7-8H2,1-2H3,(H,28,29). The lowest BCUT2D eigenvalue weighted by molar-refractivity contribution is 0.410. The lowest BCUT2D eigenvalue weighted by Crippen LogP contribution is -2.20. The van der Waals surface area contributed by atoms with Gasteiger partial charge in [-0.3, -0.25) is 9.35 Å². The van der Waals surface area contributed by atoms with Gasteiger partial charge in [-0.05, 0) is 58.8 Å². The van der Waals surface area contributed by atoms with Crippen LogP contribution in [-0.4, -0.2) is 27.0 Å². The second-order valence-electron chi connectivity index (χ2n) is 6.71. The predicted octanol–water partition coefficient (Wildman–Crippen LogP) is 4.00. The number of methoxy groups -OCH3 is 1. The van der Waals surface area contributed by atoms with Gasteiger partial charge in [-0.25, -0.2) is 17.7 Å². The highest BCUT2D eigenvalue weighted by Crippen LogP contribution is 2.40. The van der Waals surface area contributed by atoms with E-state index in [1.165, 1.54) is 17.7 Å². The second kappa shape index (κ2) is 10.5. The summed E-state index contributed by atoms with van der Waals surface area (Å²) in [6.45, 7) is 0.233. The van der Waals surface area contributed by atoms with Gasteiger partial charge in [-0.1, -0.05) is 6.07 Å². The van der Waals surface area contributed by atoms with Gasteiger partial charge in [0.2, 0.25) is 11.3 Å². The quantitative estimate of drug-likeness (QED) is 0.313. The van der Waals surface area contributed by atoms with E-state index in [1.54, 1.807) is 31.4 Å². The van der Waals surface area contributed by atoms with Crippen LogP contribution in [0, 0.1) is 15.2 Å². The van der Waals surface area contributed by atoms with Gasteiger partial charge in [0, 0.05) is 37.0 Å². The molecule has 0 aliphatic heterocycles. The van der Waals surface area contributed by atoms with E-state index in [4.69, 9.17) is 14.0 Å². The molecule has 1 unspecified atom stereocenters. The van der Waals surface area contributed by atoms with Crippen LogP contribution < -0.4 is 19.8 Å². The maximum absolute atomic E-state index is 14.2. The fraction of sp³-hybridized carbons (Fsp3) is 0.190. The van der Waals surface area contributed by atoms with Gasteiger partial charge in [0.05, 0.1) is 7.11 Å². The van der Waals surface area contributed by atoms with Crippen LogP contribution in [0.4, 0.5) is 8.78 Å². The predicted molar refractivity (Wildman–Crippen MR) is 125 cm³/mol. The molecule has 0 saturated carbocycles. The largest absolute Gasteiger partial charge is 0.495 e. The van der Waals surface area contributed by atoms with Crippen LogP contribution in [0.5, 0.6) is 17.2 Å². The summed E-state index contributed by atoms with van der Waals surface area (Å²) in [5, 5.41) is 0. The Balaban J connectivity index is 2.14. The first kappa shape index (κ1) is 24.3. The minimum Gasteiger partial charge on any atom is -0.495 e. The average molecular weight is 576 g/mol. The van der Waals surface area contributed by atoms with E-state index in [0.717, 1.165) is 17.7 Å². The summed E-state index contributed by atoms with van der Waals surface area (Å²) in [4.78, 5) is 12.4. The Kier molecular flexibility index (Phi) is 7.98. The van der Waals surface area contributed by atoms with Crippen molar-refractivity contribution in [2.24, 2.45) is 7.05 Å². The Morgan fingerprint density at radius 3 is 2.53 bits per heavy atom. The summed E-state index contributed by atoms with van der Waals surface area (Å²) in [6.07, 6.45) is 1.99. The van der Waals surface area contributed by atoms with Gasteiger partial charge < -0.3 is 14.0 Å². The molecule has 0 radical (unpaired) electrons. The van der Waals surface area contributed by atoms with Gasteiger partial charge in [-0.15, -0.1) is 0 Å². The fourth-order valence-corrected chi connectivity index (χ4v) is 4.23. The number of hydrogen-bond acceptors (Lipinski definition) is 4. The maximum atomic E-state index is 14.2. The summed E-state index contributed by atoms with van der Waals surface area (Å²) in [5.41, 5.74) is 1.57. The van der Waals surface area contributed by atoms with E-state index < -0.39 is 22.9 Å². The van der Waals surface area contributed by atoms with Gasteiger partial charge in [-0.2, -0.15) is 0 Å². The molecule has 11 heteroatoms. The normalized spacial score (nSPS) is 11.9. The SMILES string of the molecule is COc1c(-c2cc(CCNS(=O)O)ccc2Oc2ccc(F)cc2F)cn(C)c(=O)c1I. The third kappa shape index (κ3) is 5.52. The monoisotopic (exact) mass is 576 g/mol. The number of nitrogens with zero attached hydrogens (tertiary/aromatic N) is 1. The van der Waals surface area contributed by atoms with Crippen molar-refractivity contribution in [2.45, 2.75) is 6.42 Å². The zero-order valence-electron chi connectivity index (χ0n) is 17.0. The number of rotatable bonds is 8. The Bertz CT molecular complexity index is 1240. The van der Waals surface area contributed by atoms with E-state index >= 15 is 0 Å². The number of benzene rings is 2. The van der Waals surface area contributed by atoms with Crippen molar-refractivity contribution in [2.75, 3.05) is 13.7 Å². The molecule has 0 bridgehead atoms. The molecule has 7 nitrogen and oxygen atoms in total. The van der Waals surface area contributed by atoms with Crippen LogP contribution >= 0.6 is 22.6 Å². The summed E-state index contributed by atoms with van der Waals surface area (Å²) in [7, 11) is 3.03. The minimum atomic E-state index is -2.14.